The predicted octanol–water partition coefficient (Wildman–Crippen LogP) is 23.3. The third-order valence-electron chi connectivity index (χ3n) is 25.6. The summed E-state index contributed by atoms with van der Waals surface area (Å²) < 4.78 is 80.2. The minimum absolute atomic E-state index is 0.0839. The summed E-state index contributed by atoms with van der Waals surface area (Å²) in [5.41, 5.74) is 0. The minimum Gasteiger partial charge on any atom is -0.462 e. The molecule has 2 fully saturated rings. The van der Waals surface area contributed by atoms with Crippen molar-refractivity contribution in [2.24, 2.45) is 0 Å². The van der Waals surface area contributed by atoms with Crippen LogP contribution in [0.3, 0.4) is 0 Å². The Morgan fingerprint density at radius 2 is 0.592 bits per heavy atom. The van der Waals surface area contributed by atoms with Crippen LogP contribution in [0.25, 0.3) is 0 Å². The van der Waals surface area contributed by atoms with Crippen LogP contribution in [0.2, 0.25) is 0 Å². The molecule has 2 rings (SSSR count). The number of ether oxygens (including phenoxy) is 7. The molecule has 0 aliphatic carbocycles. The number of esters is 4. The van der Waals surface area contributed by atoms with Crippen LogP contribution in [0.4, 0.5) is 0 Å². The maximum Gasteiger partial charge on any atom is 0.472 e. The monoisotopic (exact) mass is 1900 g/mol. The van der Waals surface area contributed by atoms with Crippen molar-refractivity contribution < 1.29 is 120 Å². The van der Waals surface area contributed by atoms with Gasteiger partial charge in [0.15, 0.2) is 24.8 Å². The standard InChI is InChI=1S/C101H192N2O25P2/c1-7-13-19-25-31-37-39-41-43-45-51-57-63-69-75-91(110)122-85(73-67-61-55-49-36-30-24-18-12-6)79-93(112)126-99-95(102-88(107)76-82(105)70-64-58-52-46-33-27-21-15-9-3)100(123-86(80-104)97(99)127-129(114,115)116)120-81-87-96(113)98(125-92(111)77-83(106)71-65-59-53-47-34-28-22-16-10-4)94(101(124-87)128-130(117,118)119)103-89(108)78-84(72-66-60-54-48-35-29-23-17-11-5)121-90(109)74-68-62-56-50-44-42-40-38-32-26-20-14-8-2/h82-87,94-101,104-106,113H,7-81H2,1-6H3,(H,102,107)(H,103,108)(H2,114,115,116)(H2,117,118,119)/t82?,83?,84?,85?,86?,87?,94?,95?,96-,97?,98-,99-,100-,101?/m1/s1. The lowest BCUT2D eigenvalue weighted by atomic mass is 9.95. The summed E-state index contributed by atoms with van der Waals surface area (Å²) in [5.74, 6) is -5.01. The lowest BCUT2D eigenvalue weighted by molar-refractivity contribution is -0.297. The number of phosphoric ester groups is 2. The number of carbonyl (C=O) groups excluding carboxylic acids is 6. The summed E-state index contributed by atoms with van der Waals surface area (Å²) in [4.78, 5) is 129. The van der Waals surface area contributed by atoms with E-state index in [9.17, 15) is 77.9 Å². The fourth-order valence-electron chi connectivity index (χ4n) is 17.8. The fourth-order valence-corrected chi connectivity index (χ4v) is 18.8. The molecule has 0 aromatic heterocycles. The molecule has 0 saturated carbocycles. The summed E-state index contributed by atoms with van der Waals surface area (Å²) >= 11 is 0. The molecule has 10 unspecified atom stereocenters. The summed E-state index contributed by atoms with van der Waals surface area (Å²) in [6.07, 6.45) is 43.5. The number of aliphatic hydroxyl groups is 4. The van der Waals surface area contributed by atoms with Crippen molar-refractivity contribution in [2.75, 3.05) is 13.2 Å². The molecule has 10 N–H and O–H groups in total. The first-order valence-electron chi connectivity index (χ1n) is 53.2. The number of rotatable bonds is 91. The van der Waals surface area contributed by atoms with Gasteiger partial charge in [-0.2, -0.15) is 0 Å². The SMILES string of the molecule is CCCCCCCCCCCCCCCCC(=O)OC(CCCCCCCCCCC)CC(=O)O[C@H]1C(OP(=O)(O)O)C(CO)O[C@@H](OCC2OC(OP(=O)(O)O)C(NC(=O)CC(CCCCCCCCCCC)OC(=O)CCCCCCCCCCCCCCC)[C@@H](OC(=O)CC(O)CCCCCCCCCCC)[C@@H]2O)C1NC(=O)CC(O)CCCCCCCCCCC. The molecule has 29 heteroatoms. The number of amides is 2. The van der Waals surface area contributed by atoms with Gasteiger partial charge in [0.1, 0.15) is 48.7 Å². The maximum absolute atomic E-state index is 14.9. The summed E-state index contributed by atoms with van der Waals surface area (Å²) in [7, 11) is -11.4. The van der Waals surface area contributed by atoms with Crippen LogP contribution in [0.1, 0.15) is 510 Å². The van der Waals surface area contributed by atoms with Gasteiger partial charge in [-0.25, -0.2) is 9.13 Å². The number of hydrogen-bond acceptors (Lipinski definition) is 21. The highest BCUT2D eigenvalue weighted by atomic mass is 31.2. The molecule has 130 heavy (non-hydrogen) atoms. The first-order valence-corrected chi connectivity index (χ1v) is 56.3. The first-order chi connectivity index (χ1) is 62.8. The van der Waals surface area contributed by atoms with Gasteiger partial charge >= 0.3 is 39.5 Å². The van der Waals surface area contributed by atoms with Gasteiger partial charge in [-0.3, -0.25) is 37.8 Å². The topological polar surface area (TPSA) is 406 Å². The van der Waals surface area contributed by atoms with Crippen LogP contribution in [0.15, 0.2) is 0 Å². The van der Waals surface area contributed by atoms with Crippen molar-refractivity contribution in [3.63, 3.8) is 0 Å². The zero-order valence-corrected chi connectivity index (χ0v) is 84.3. The molecule has 2 heterocycles. The van der Waals surface area contributed by atoms with Gasteiger partial charge in [-0.15, -0.1) is 0 Å². The maximum atomic E-state index is 14.9. The minimum atomic E-state index is -5.72. The van der Waals surface area contributed by atoms with Crippen LogP contribution in [0.5, 0.6) is 0 Å². The molecule has 0 radical (unpaired) electrons. The van der Waals surface area contributed by atoms with E-state index in [2.05, 4.69) is 52.2 Å². The Balaban J connectivity index is 2.75. The van der Waals surface area contributed by atoms with Crippen LogP contribution < -0.4 is 10.6 Å². The zero-order chi connectivity index (χ0) is 95.4. The molecule has 0 aromatic rings. The second-order valence-corrected chi connectivity index (χ2v) is 40.4. The van der Waals surface area contributed by atoms with E-state index in [-0.39, 0.29) is 38.5 Å². The Hall–Kier alpha value is -3.24. The number of hydrogen-bond donors (Lipinski definition) is 10. The number of phosphoric acid groups is 2. The Kier molecular flexibility index (Phi) is 77.2. The van der Waals surface area contributed by atoms with Crippen molar-refractivity contribution in [3.05, 3.63) is 0 Å². The second kappa shape index (κ2) is 81.7. The van der Waals surface area contributed by atoms with E-state index in [1.54, 1.807) is 0 Å². The van der Waals surface area contributed by atoms with Gasteiger partial charge in [-0.05, 0) is 51.4 Å². The first kappa shape index (κ1) is 123. The Bertz CT molecular complexity index is 2840. The van der Waals surface area contributed by atoms with E-state index in [0.717, 1.165) is 244 Å². The Morgan fingerprint density at radius 1 is 0.315 bits per heavy atom. The third-order valence-corrected chi connectivity index (χ3v) is 26.6. The van der Waals surface area contributed by atoms with Crippen molar-refractivity contribution in [3.8, 4) is 0 Å². The Labute approximate surface area is 787 Å². The van der Waals surface area contributed by atoms with Crippen molar-refractivity contribution in [2.45, 2.75) is 596 Å². The van der Waals surface area contributed by atoms with Crippen molar-refractivity contribution in [1.82, 2.24) is 10.6 Å². The molecular formula is C101H192N2O25P2. The second-order valence-electron chi connectivity index (χ2n) is 38.0. The molecule has 27 nitrogen and oxygen atoms in total. The molecule has 2 aliphatic heterocycles. The predicted molar refractivity (Wildman–Crippen MR) is 513 cm³/mol. The van der Waals surface area contributed by atoms with E-state index in [0.29, 0.717) is 38.5 Å². The van der Waals surface area contributed by atoms with Gasteiger partial charge in [0.25, 0.3) is 0 Å². The summed E-state index contributed by atoms with van der Waals surface area (Å²) in [6, 6.07) is -3.86. The Morgan fingerprint density at radius 3 is 0.931 bits per heavy atom. The quantitative estimate of drug-likeness (QED) is 0.0117. The molecule has 2 saturated heterocycles. The number of unbranched alkanes of at least 4 members (excludes halogenated alkanes) is 57. The average Bonchev–Trinajstić information content (AvgIpc) is 0.778. The number of aliphatic hydroxyl groups excluding tert-OH is 4. The number of carbonyl (C=O) groups is 6. The molecular weight excluding hydrogens is 1700 g/mol. The largest absolute Gasteiger partial charge is 0.472 e. The molecule has 0 bridgehead atoms. The summed E-state index contributed by atoms with van der Waals surface area (Å²) in [6.45, 7) is 11.0. The van der Waals surface area contributed by atoms with Crippen LogP contribution in [-0.4, -0.2) is 175 Å². The normalized spacial score (nSPS) is 19.9. The van der Waals surface area contributed by atoms with E-state index >= 15 is 0 Å². The van der Waals surface area contributed by atoms with Gasteiger partial charge in [-0.1, -0.05) is 420 Å². The fraction of sp³-hybridized carbons (Fsp3) is 0.941. The van der Waals surface area contributed by atoms with E-state index < -0.39 is 176 Å². The van der Waals surface area contributed by atoms with Crippen molar-refractivity contribution >= 4 is 51.3 Å². The molecule has 0 aromatic carbocycles. The molecule has 2 amide bonds. The van der Waals surface area contributed by atoms with Crippen molar-refractivity contribution in [1.29, 1.82) is 0 Å². The van der Waals surface area contributed by atoms with E-state index in [1.165, 1.54) is 122 Å². The lowest BCUT2D eigenvalue weighted by Gasteiger charge is -2.47. The summed E-state index contributed by atoms with van der Waals surface area (Å²) in [5, 5.41) is 52.0. The van der Waals surface area contributed by atoms with Crippen LogP contribution in [0, 0.1) is 0 Å². The van der Waals surface area contributed by atoms with Gasteiger partial charge in [0, 0.05) is 12.8 Å². The van der Waals surface area contributed by atoms with Crippen LogP contribution >= 0.6 is 15.6 Å². The molecule has 766 valence electrons. The molecule has 2 aliphatic rings. The average molecular weight is 1900 g/mol. The van der Waals surface area contributed by atoms with E-state index in [4.69, 9.17) is 42.2 Å². The highest BCUT2D eigenvalue weighted by Gasteiger charge is 2.55. The third kappa shape index (κ3) is 67.1. The van der Waals surface area contributed by atoms with Crippen LogP contribution in [-0.2, 0) is 80.1 Å². The zero-order valence-electron chi connectivity index (χ0n) is 82.5. The molecule has 14 atom stereocenters. The van der Waals surface area contributed by atoms with Gasteiger partial charge in [0.2, 0.25) is 11.8 Å². The van der Waals surface area contributed by atoms with Gasteiger partial charge < -0.3 is 83.8 Å². The smallest absolute Gasteiger partial charge is 0.462 e. The highest BCUT2D eigenvalue weighted by molar-refractivity contribution is 7.46. The highest BCUT2D eigenvalue weighted by Crippen LogP contribution is 2.44. The van der Waals surface area contributed by atoms with Gasteiger partial charge in [0.05, 0.1) is 51.1 Å². The molecule has 0 spiro atoms. The van der Waals surface area contributed by atoms with E-state index in [1.807, 2.05) is 0 Å². The number of nitrogens with one attached hydrogen (secondary N) is 2. The lowest BCUT2D eigenvalue weighted by Crippen LogP contribution is -2.68.